The maximum atomic E-state index is 12.5. The fourth-order valence-electron chi connectivity index (χ4n) is 2.33. The Hall–Kier alpha value is -2.46. The van der Waals surface area contributed by atoms with Crippen LogP contribution >= 0.6 is 0 Å². The van der Waals surface area contributed by atoms with Gasteiger partial charge in [-0.25, -0.2) is 13.2 Å². The van der Waals surface area contributed by atoms with E-state index in [9.17, 15) is 22.8 Å². The fourth-order valence-corrected chi connectivity index (χ4v) is 3.72. The van der Waals surface area contributed by atoms with Gasteiger partial charge in [-0.1, -0.05) is 6.92 Å². The third-order valence-corrected chi connectivity index (χ3v) is 5.63. The molecule has 1 unspecified atom stereocenters. The first-order valence-corrected chi connectivity index (χ1v) is 9.10. The van der Waals surface area contributed by atoms with Gasteiger partial charge in [0.05, 0.1) is 11.4 Å². The lowest BCUT2D eigenvalue weighted by Gasteiger charge is -2.25. The molecule has 9 nitrogen and oxygen atoms in total. The average molecular weight is 369 g/mol. The molecule has 1 atom stereocenters. The number of piperazine rings is 1. The number of hydrogen-bond acceptors (Lipinski definition) is 5. The molecule has 0 radical (unpaired) electrons. The number of carboxylic acids is 1. The summed E-state index contributed by atoms with van der Waals surface area (Å²) in [5.41, 5.74) is 0.148. The van der Waals surface area contributed by atoms with E-state index in [0.29, 0.717) is 0 Å². The normalized spacial score (nSPS) is 16.8. The highest BCUT2D eigenvalue weighted by Crippen LogP contribution is 2.17. The molecule has 25 heavy (non-hydrogen) atoms. The summed E-state index contributed by atoms with van der Waals surface area (Å²) < 4.78 is 26.1. The standard InChI is InChI=1S/C15H19N3O6S/c1-2-12(15(21)22)17-14(20)10-3-5-11(6-4-10)25(23,24)18-8-7-16-13(19)9-18/h3-6,12H,2,7-9H2,1H3,(H,16,19)(H,17,20)(H,21,22). The van der Waals surface area contributed by atoms with Crippen molar-refractivity contribution in [2.24, 2.45) is 0 Å². The van der Waals surface area contributed by atoms with E-state index in [1.165, 1.54) is 24.3 Å². The van der Waals surface area contributed by atoms with Gasteiger partial charge in [-0.05, 0) is 30.7 Å². The molecule has 0 aromatic heterocycles. The SMILES string of the molecule is CCC(NC(=O)c1ccc(S(=O)(=O)N2CCNC(=O)C2)cc1)C(=O)O. The molecule has 3 N–H and O–H groups in total. The molecule has 0 spiro atoms. The van der Waals surface area contributed by atoms with Gasteiger partial charge in [0.25, 0.3) is 5.91 Å². The minimum atomic E-state index is -3.83. The molecule has 0 aliphatic carbocycles. The van der Waals surface area contributed by atoms with Gasteiger partial charge in [-0.3, -0.25) is 9.59 Å². The van der Waals surface area contributed by atoms with E-state index in [1.807, 2.05) is 0 Å². The van der Waals surface area contributed by atoms with Crippen molar-refractivity contribution in [3.05, 3.63) is 29.8 Å². The zero-order valence-electron chi connectivity index (χ0n) is 13.6. The number of carboxylic acid groups (broad SMARTS) is 1. The number of aliphatic carboxylic acids is 1. The predicted octanol–water partition coefficient (Wildman–Crippen LogP) is -0.600. The van der Waals surface area contributed by atoms with Crippen molar-refractivity contribution < 1.29 is 27.9 Å². The van der Waals surface area contributed by atoms with Crippen LogP contribution in [0.3, 0.4) is 0 Å². The van der Waals surface area contributed by atoms with Crippen LogP contribution in [-0.2, 0) is 19.6 Å². The van der Waals surface area contributed by atoms with Crippen LogP contribution in [0.15, 0.2) is 29.2 Å². The van der Waals surface area contributed by atoms with Gasteiger partial charge in [0.15, 0.2) is 0 Å². The average Bonchev–Trinajstić information content (AvgIpc) is 2.59. The van der Waals surface area contributed by atoms with Crippen molar-refractivity contribution in [3.63, 3.8) is 0 Å². The second-order valence-corrected chi connectivity index (χ2v) is 7.42. The number of hydrogen-bond donors (Lipinski definition) is 3. The zero-order valence-corrected chi connectivity index (χ0v) is 14.4. The number of rotatable bonds is 6. The maximum absolute atomic E-state index is 12.5. The first kappa shape index (κ1) is 18.9. The highest BCUT2D eigenvalue weighted by molar-refractivity contribution is 7.89. The van der Waals surface area contributed by atoms with E-state index in [2.05, 4.69) is 10.6 Å². The minimum absolute atomic E-state index is 0.0379. The molecular formula is C15H19N3O6S. The third-order valence-electron chi connectivity index (χ3n) is 3.77. The Morgan fingerprint density at radius 2 is 1.96 bits per heavy atom. The van der Waals surface area contributed by atoms with Crippen molar-refractivity contribution in [2.45, 2.75) is 24.3 Å². The lowest BCUT2D eigenvalue weighted by atomic mass is 10.1. The van der Waals surface area contributed by atoms with Gasteiger partial charge in [0.2, 0.25) is 15.9 Å². The van der Waals surface area contributed by atoms with Crippen molar-refractivity contribution in [2.75, 3.05) is 19.6 Å². The Bertz CT molecular complexity index is 775. The first-order chi connectivity index (χ1) is 11.8. The van der Waals surface area contributed by atoms with Gasteiger partial charge in [-0.15, -0.1) is 0 Å². The molecule has 136 valence electrons. The Labute approximate surface area is 145 Å². The smallest absolute Gasteiger partial charge is 0.326 e. The van der Waals surface area contributed by atoms with Crippen molar-refractivity contribution in [1.82, 2.24) is 14.9 Å². The lowest BCUT2D eigenvalue weighted by molar-refractivity contribution is -0.139. The van der Waals surface area contributed by atoms with Crippen molar-refractivity contribution in [1.29, 1.82) is 0 Å². The summed E-state index contributed by atoms with van der Waals surface area (Å²) in [6, 6.07) is 4.13. The van der Waals surface area contributed by atoms with Crippen LogP contribution in [0.25, 0.3) is 0 Å². The van der Waals surface area contributed by atoms with E-state index in [0.717, 1.165) is 4.31 Å². The number of benzene rings is 1. The molecule has 10 heteroatoms. The maximum Gasteiger partial charge on any atom is 0.326 e. The highest BCUT2D eigenvalue weighted by atomic mass is 32.2. The van der Waals surface area contributed by atoms with Crippen LogP contribution in [0.2, 0.25) is 0 Å². The third kappa shape index (κ3) is 4.34. The molecule has 1 aliphatic rings. The van der Waals surface area contributed by atoms with E-state index >= 15 is 0 Å². The molecule has 1 aromatic carbocycles. The van der Waals surface area contributed by atoms with Crippen LogP contribution in [0.1, 0.15) is 23.7 Å². The molecular weight excluding hydrogens is 350 g/mol. The van der Waals surface area contributed by atoms with Gasteiger partial charge >= 0.3 is 5.97 Å². The number of nitrogens with zero attached hydrogens (tertiary/aromatic N) is 1. The monoisotopic (exact) mass is 369 g/mol. The summed E-state index contributed by atoms with van der Waals surface area (Å²) in [6.45, 7) is 1.80. The Kier molecular flexibility index (Phi) is 5.75. The van der Waals surface area contributed by atoms with Gasteiger partial charge in [0.1, 0.15) is 6.04 Å². The van der Waals surface area contributed by atoms with Crippen LogP contribution in [0.4, 0.5) is 0 Å². The lowest BCUT2D eigenvalue weighted by Crippen LogP contribution is -2.49. The van der Waals surface area contributed by atoms with Crippen LogP contribution in [0.5, 0.6) is 0 Å². The van der Waals surface area contributed by atoms with E-state index in [-0.39, 0.29) is 42.4 Å². The second kappa shape index (κ2) is 7.62. The topological polar surface area (TPSA) is 133 Å². The number of amides is 2. The molecule has 0 saturated carbocycles. The fraction of sp³-hybridized carbons (Fsp3) is 0.400. The quantitative estimate of drug-likeness (QED) is 0.613. The Morgan fingerprint density at radius 1 is 1.32 bits per heavy atom. The summed E-state index contributed by atoms with van der Waals surface area (Å²) in [4.78, 5) is 34.3. The summed E-state index contributed by atoms with van der Waals surface area (Å²) in [5, 5.41) is 13.9. The summed E-state index contributed by atoms with van der Waals surface area (Å²) >= 11 is 0. The van der Waals surface area contributed by atoms with E-state index in [4.69, 9.17) is 5.11 Å². The highest BCUT2D eigenvalue weighted by Gasteiger charge is 2.29. The van der Waals surface area contributed by atoms with Gasteiger partial charge in [0, 0.05) is 18.7 Å². The Morgan fingerprint density at radius 3 is 2.48 bits per heavy atom. The number of nitrogens with one attached hydrogen (secondary N) is 2. The Balaban J connectivity index is 2.14. The summed E-state index contributed by atoms with van der Waals surface area (Å²) in [6.07, 6.45) is 0.227. The molecule has 1 saturated heterocycles. The molecule has 1 aliphatic heterocycles. The first-order valence-electron chi connectivity index (χ1n) is 7.66. The summed E-state index contributed by atoms with van der Waals surface area (Å²) in [7, 11) is -3.83. The van der Waals surface area contributed by atoms with Crippen molar-refractivity contribution >= 4 is 27.8 Å². The molecule has 2 amide bonds. The van der Waals surface area contributed by atoms with E-state index < -0.39 is 27.9 Å². The van der Waals surface area contributed by atoms with Crippen LogP contribution < -0.4 is 10.6 Å². The molecule has 2 rings (SSSR count). The van der Waals surface area contributed by atoms with Gasteiger partial charge in [-0.2, -0.15) is 4.31 Å². The molecule has 1 aromatic rings. The molecule has 1 heterocycles. The number of carbonyl (C=O) groups excluding carboxylic acids is 2. The predicted molar refractivity (Wildman–Crippen MR) is 87.4 cm³/mol. The van der Waals surface area contributed by atoms with Crippen LogP contribution in [0, 0.1) is 0 Å². The van der Waals surface area contributed by atoms with Crippen molar-refractivity contribution in [3.8, 4) is 0 Å². The second-order valence-electron chi connectivity index (χ2n) is 5.49. The molecule has 0 bridgehead atoms. The minimum Gasteiger partial charge on any atom is -0.480 e. The van der Waals surface area contributed by atoms with E-state index in [1.54, 1.807) is 6.92 Å². The summed E-state index contributed by atoms with van der Waals surface area (Å²) in [5.74, 6) is -2.11. The molecule has 1 fully saturated rings. The van der Waals surface area contributed by atoms with Crippen LogP contribution in [-0.4, -0.2) is 61.3 Å². The number of carbonyl (C=O) groups is 3. The largest absolute Gasteiger partial charge is 0.480 e. The number of sulfonamides is 1. The zero-order chi connectivity index (χ0) is 18.6. The van der Waals surface area contributed by atoms with Gasteiger partial charge < -0.3 is 15.7 Å².